The van der Waals surface area contributed by atoms with Gasteiger partial charge in [0.25, 0.3) is 5.91 Å². The van der Waals surface area contributed by atoms with Crippen LogP contribution in [0.1, 0.15) is 32.6 Å². The number of hydrogen-bond acceptors (Lipinski definition) is 5. The van der Waals surface area contributed by atoms with Crippen LogP contribution >= 0.6 is 0 Å². The van der Waals surface area contributed by atoms with E-state index in [4.69, 9.17) is 9.15 Å². The van der Waals surface area contributed by atoms with E-state index in [1.165, 1.54) is 32.1 Å². The molecule has 2 fully saturated rings. The molecule has 0 unspecified atom stereocenters. The van der Waals surface area contributed by atoms with Crippen molar-refractivity contribution in [2.75, 3.05) is 6.61 Å². The summed E-state index contributed by atoms with van der Waals surface area (Å²) in [6, 6.07) is 7.49. The first-order valence-electron chi connectivity index (χ1n) is 8.98. The number of ether oxygens (including phenoxy) is 1. The first-order valence-corrected chi connectivity index (χ1v) is 8.98. The maximum absolute atomic E-state index is 12.2. The van der Waals surface area contributed by atoms with Crippen molar-refractivity contribution >= 4 is 5.91 Å². The van der Waals surface area contributed by atoms with E-state index in [0.29, 0.717) is 17.6 Å². The number of fused-ring (bicyclic) bond motifs is 2. The summed E-state index contributed by atoms with van der Waals surface area (Å²) in [6.07, 6.45) is 6.63. The molecule has 6 nitrogen and oxygen atoms in total. The molecule has 1 aromatic carbocycles. The number of nitrogens with one attached hydrogen (secondary N) is 1. The maximum atomic E-state index is 12.2. The minimum absolute atomic E-state index is 0.0328. The van der Waals surface area contributed by atoms with Gasteiger partial charge in [0.2, 0.25) is 12.3 Å². The van der Waals surface area contributed by atoms with Gasteiger partial charge in [-0.2, -0.15) is 0 Å². The average Bonchev–Trinajstić information content (AvgIpc) is 3.37. The average molecular weight is 341 g/mol. The molecule has 0 radical (unpaired) electrons. The van der Waals surface area contributed by atoms with Crippen LogP contribution in [-0.2, 0) is 4.79 Å². The van der Waals surface area contributed by atoms with Crippen LogP contribution < -0.4 is 10.1 Å². The highest BCUT2D eigenvalue weighted by atomic mass is 16.5. The van der Waals surface area contributed by atoms with E-state index in [-0.39, 0.29) is 18.6 Å². The van der Waals surface area contributed by atoms with Crippen molar-refractivity contribution in [2.24, 2.45) is 17.8 Å². The molecule has 6 heteroatoms. The molecule has 2 saturated carbocycles. The normalized spacial score (nSPS) is 25.7. The van der Waals surface area contributed by atoms with Gasteiger partial charge in [-0.1, -0.05) is 6.42 Å². The second-order valence-corrected chi connectivity index (χ2v) is 7.25. The largest absolute Gasteiger partial charge is 0.484 e. The lowest BCUT2D eigenvalue weighted by atomic mass is 9.84. The van der Waals surface area contributed by atoms with Crippen molar-refractivity contribution < 1.29 is 13.9 Å². The summed E-state index contributed by atoms with van der Waals surface area (Å²) in [5.74, 6) is 3.38. The van der Waals surface area contributed by atoms with Crippen molar-refractivity contribution in [1.82, 2.24) is 15.5 Å². The number of nitrogens with zero attached hydrogens (tertiary/aromatic N) is 2. The molecule has 25 heavy (non-hydrogen) atoms. The molecule has 0 aliphatic heterocycles. The van der Waals surface area contributed by atoms with E-state index in [1.807, 2.05) is 12.1 Å². The van der Waals surface area contributed by atoms with Crippen LogP contribution in [0.5, 0.6) is 5.75 Å². The zero-order chi connectivity index (χ0) is 17.2. The predicted octanol–water partition coefficient (Wildman–Crippen LogP) is 3.06. The van der Waals surface area contributed by atoms with E-state index < -0.39 is 0 Å². The fourth-order valence-electron chi connectivity index (χ4n) is 4.45. The number of carbonyl (C=O) groups excluding carboxylic acids is 1. The molecule has 2 aliphatic carbocycles. The van der Waals surface area contributed by atoms with Gasteiger partial charge in [0.1, 0.15) is 5.75 Å². The second-order valence-electron chi connectivity index (χ2n) is 7.25. The van der Waals surface area contributed by atoms with Gasteiger partial charge >= 0.3 is 0 Å². The topological polar surface area (TPSA) is 77.2 Å². The van der Waals surface area contributed by atoms with Crippen molar-refractivity contribution in [3.05, 3.63) is 30.7 Å². The monoisotopic (exact) mass is 341 g/mol. The quantitative estimate of drug-likeness (QED) is 0.874. The summed E-state index contributed by atoms with van der Waals surface area (Å²) in [7, 11) is 0. The Labute approximate surface area is 147 Å². The summed E-state index contributed by atoms with van der Waals surface area (Å²) in [5, 5.41) is 10.6. The Bertz CT molecular complexity index is 714. The molecule has 2 aliphatic rings. The highest BCUT2D eigenvalue weighted by molar-refractivity contribution is 5.77. The molecule has 132 valence electrons. The van der Waals surface area contributed by atoms with Crippen molar-refractivity contribution in [3.8, 4) is 17.2 Å². The number of rotatable bonds is 6. The SMILES string of the molecule is C[C@@H](NC(=O)COc1ccc(-c2nnco2)cc1)[C@H]1C[C@H]2CC[C@H]1C2. The first-order chi connectivity index (χ1) is 12.2. The molecule has 0 spiro atoms. The number of amides is 1. The Hall–Kier alpha value is -2.37. The smallest absolute Gasteiger partial charge is 0.258 e. The van der Waals surface area contributed by atoms with E-state index in [9.17, 15) is 4.79 Å². The molecule has 1 N–H and O–H groups in total. The van der Waals surface area contributed by atoms with Gasteiger partial charge < -0.3 is 14.5 Å². The highest BCUT2D eigenvalue weighted by Gasteiger charge is 2.42. The Morgan fingerprint density at radius 1 is 1.32 bits per heavy atom. The van der Waals surface area contributed by atoms with Crippen LogP contribution in [-0.4, -0.2) is 28.8 Å². The fraction of sp³-hybridized carbons (Fsp3) is 0.526. The predicted molar refractivity (Wildman–Crippen MR) is 91.8 cm³/mol. The lowest BCUT2D eigenvalue weighted by Crippen LogP contribution is -2.42. The van der Waals surface area contributed by atoms with E-state index >= 15 is 0 Å². The standard InChI is InChI=1S/C19H23N3O3/c1-12(17-9-13-2-3-15(17)8-13)21-18(23)10-24-16-6-4-14(5-7-16)19-22-20-11-25-19/h4-7,11-13,15,17H,2-3,8-10H2,1H3,(H,21,23)/t12-,13+,15+,17-/m1/s1. The minimum Gasteiger partial charge on any atom is -0.484 e. The molecule has 0 saturated heterocycles. The second kappa shape index (κ2) is 6.86. The number of aromatic nitrogens is 2. The molecular formula is C19H23N3O3. The molecule has 2 bridgehead atoms. The summed E-state index contributed by atoms with van der Waals surface area (Å²) in [6.45, 7) is 2.16. The zero-order valence-electron chi connectivity index (χ0n) is 14.4. The van der Waals surface area contributed by atoms with Crippen molar-refractivity contribution in [2.45, 2.75) is 38.6 Å². The van der Waals surface area contributed by atoms with Crippen LogP contribution in [0.3, 0.4) is 0 Å². The molecule has 4 atom stereocenters. The van der Waals surface area contributed by atoms with Gasteiger partial charge in [0.15, 0.2) is 6.61 Å². The lowest BCUT2D eigenvalue weighted by molar-refractivity contribution is -0.124. The summed E-state index contributed by atoms with van der Waals surface area (Å²) in [4.78, 5) is 12.2. The Balaban J connectivity index is 1.26. The van der Waals surface area contributed by atoms with Crippen molar-refractivity contribution in [1.29, 1.82) is 0 Å². The van der Waals surface area contributed by atoms with Crippen LogP contribution in [0, 0.1) is 17.8 Å². The molecule has 1 aromatic heterocycles. The summed E-state index contributed by atoms with van der Waals surface area (Å²) >= 11 is 0. The fourth-order valence-corrected chi connectivity index (χ4v) is 4.45. The number of benzene rings is 1. The molecule has 2 aromatic rings. The third-order valence-corrected chi connectivity index (χ3v) is 5.65. The van der Waals surface area contributed by atoms with Gasteiger partial charge in [-0.05, 0) is 68.2 Å². The maximum Gasteiger partial charge on any atom is 0.258 e. The van der Waals surface area contributed by atoms with Crippen LogP contribution in [0.15, 0.2) is 35.1 Å². The molecule has 4 rings (SSSR count). The van der Waals surface area contributed by atoms with E-state index in [2.05, 4.69) is 22.4 Å². The zero-order valence-corrected chi connectivity index (χ0v) is 14.4. The van der Waals surface area contributed by atoms with Crippen LogP contribution in [0.4, 0.5) is 0 Å². The van der Waals surface area contributed by atoms with Gasteiger partial charge in [-0.15, -0.1) is 10.2 Å². The number of carbonyl (C=O) groups is 1. The summed E-state index contributed by atoms with van der Waals surface area (Å²) in [5.41, 5.74) is 0.819. The highest BCUT2D eigenvalue weighted by Crippen LogP contribution is 2.49. The molecule has 1 heterocycles. The Morgan fingerprint density at radius 2 is 2.16 bits per heavy atom. The van der Waals surface area contributed by atoms with Gasteiger partial charge in [-0.3, -0.25) is 4.79 Å². The van der Waals surface area contributed by atoms with Gasteiger partial charge in [0.05, 0.1) is 0 Å². The van der Waals surface area contributed by atoms with Crippen LogP contribution in [0.25, 0.3) is 11.5 Å². The molecule has 1 amide bonds. The van der Waals surface area contributed by atoms with Crippen molar-refractivity contribution in [3.63, 3.8) is 0 Å². The van der Waals surface area contributed by atoms with E-state index in [1.54, 1.807) is 12.1 Å². The van der Waals surface area contributed by atoms with Crippen LogP contribution in [0.2, 0.25) is 0 Å². The minimum atomic E-state index is -0.0590. The Morgan fingerprint density at radius 3 is 2.80 bits per heavy atom. The number of hydrogen-bond donors (Lipinski definition) is 1. The van der Waals surface area contributed by atoms with E-state index in [0.717, 1.165) is 17.4 Å². The lowest BCUT2D eigenvalue weighted by Gasteiger charge is -2.28. The Kier molecular flexibility index (Phi) is 4.42. The summed E-state index contributed by atoms with van der Waals surface area (Å²) < 4.78 is 10.7. The third-order valence-electron chi connectivity index (χ3n) is 5.65. The molecular weight excluding hydrogens is 318 g/mol. The first kappa shape index (κ1) is 16.1. The third kappa shape index (κ3) is 3.52. The van der Waals surface area contributed by atoms with Gasteiger partial charge in [0, 0.05) is 11.6 Å². The van der Waals surface area contributed by atoms with Gasteiger partial charge in [-0.25, -0.2) is 0 Å².